The van der Waals surface area contributed by atoms with Crippen LogP contribution in [0.1, 0.15) is 19.3 Å². The molecule has 1 heterocycles. The van der Waals surface area contributed by atoms with Gasteiger partial charge in [0.1, 0.15) is 17.2 Å². The molecule has 0 spiro atoms. The maximum atomic E-state index is 12.9. The van der Waals surface area contributed by atoms with E-state index in [1.807, 2.05) is 0 Å². The molecule has 1 amide bonds. The standard InChI is InChI=1S/C15H18FNO3/c16-12-2-1-3-13(8-12)20-7-6-14(18)17-9-15(19,10-17)11-4-5-11/h1-3,8,11,19H,4-7,9-10H2. The summed E-state index contributed by atoms with van der Waals surface area (Å²) in [6.07, 6.45) is 2.39. The number of aliphatic hydroxyl groups is 1. The minimum atomic E-state index is -0.640. The lowest BCUT2D eigenvalue weighted by molar-refractivity contribution is -0.159. The highest BCUT2D eigenvalue weighted by molar-refractivity contribution is 5.77. The van der Waals surface area contributed by atoms with Crippen molar-refractivity contribution in [1.82, 2.24) is 4.90 Å². The van der Waals surface area contributed by atoms with Gasteiger partial charge in [0.25, 0.3) is 0 Å². The zero-order chi connectivity index (χ0) is 14.2. The molecule has 1 N–H and O–H groups in total. The molecule has 108 valence electrons. The number of nitrogens with zero attached hydrogens (tertiary/aromatic N) is 1. The molecule has 1 saturated carbocycles. The number of rotatable bonds is 5. The molecule has 1 aliphatic heterocycles. The lowest BCUT2D eigenvalue weighted by Crippen LogP contribution is -2.64. The van der Waals surface area contributed by atoms with Crippen LogP contribution in [0.15, 0.2) is 24.3 Å². The van der Waals surface area contributed by atoms with Gasteiger partial charge in [0.15, 0.2) is 0 Å². The molecule has 2 aliphatic rings. The number of likely N-dealkylation sites (tertiary alicyclic amines) is 1. The van der Waals surface area contributed by atoms with Gasteiger partial charge in [-0.25, -0.2) is 4.39 Å². The van der Waals surface area contributed by atoms with E-state index in [1.165, 1.54) is 12.1 Å². The van der Waals surface area contributed by atoms with E-state index in [9.17, 15) is 14.3 Å². The lowest BCUT2D eigenvalue weighted by atomic mass is 9.88. The number of hydrogen-bond acceptors (Lipinski definition) is 3. The average molecular weight is 279 g/mol. The summed E-state index contributed by atoms with van der Waals surface area (Å²) in [5, 5.41) is 10.1. The molecular weight excluding hydrogens is 261 g/mol. The average Bonchev–Trinajstić information content (AvgIpc) is 3.19. The summed E-state index contributed by atoms with van der Waals surface area (Å²) in [5.74, 6) is 0.434. The van der Waals surface area contributed by atoms with E-state index < -0.39 is 5.60 Å². The van der Waals surface area contributed by atoms with Crippen molar-refractivity contribution >= 4 is 5.91 Å². The minimum Gasteiger partial charge on any atom is -0.493 e. The minimum absolute atomic E-state index is 0.0215. The van der Waals surface area contributed by atoms with Gasteiger partial charge in [-0.15, -0.1) is 0 Å². The Morgan fingerprint density at radius 2 is 2.20 bits per heavy atom. The molecule has 3 rings (SSSR count). The molecule has 0 aromatic heterocycles. The third-order valence-corrected chi connectivity index (χ3v) is 4.00. The van der Waals surface area contributed by atoms with E-state index in [0.29, 0.717) is 24.8 Å². The second kappa shape index (κ2) is 5.05. The fourth-order valence-corrected chi connectivity index (χ4v) is 2.64. The Morgan fingerprint density at radius 1 is 1.45 bits per heavy atom. The van der Waals surface area contributed by atoms with Gasteiger partial charge in [0, 0.05) is 6.07 Å². The highest BCUT2D eigenvalue weighted by Crippen LogP contribution is 2.44. The first-order chi connectivity index (χ1) is 9.57. The van der Waals surface area contributed by atoms with E-state index in [-0.39, 0.29) is 24.8 Å². The Morgan fingerprint density at radius 3 is 2.85 bits per heavy atom. The summed E-state index contributed by atoms with van der Waals surface area (Å²) in [5.41, 5.74) is -0.640. The summed E-state index contributed by atoms with van der Waals surface area (Å²) in [6, 6.07) is 5.86. The normalized spacial score (nSPS) is 20.4. The molecule has 4 nitrogen and oxygen atoms in total. The van der Waals surface area contributed by atoms with Crippen molar-refractivity contribution in [2.24, 2.45) is 5.92 Å². The number of halogens is 1. The van der Waals surface area contributed by atoms with Crippen LogP contribution in [0, 0.1) is 11.7 Å². The fourth-order valence-electron chi connectivity index (χ4n) is 2.64. The van der Waals surface area contributed by atoms with Crippen LogP contribution in [0.3, 0.4) is 0 Å². The first kappa shape index (κ1) is 13.4. The van der Waals surface area contributed by atoms with E-state index in [2.05, 4.69) is 0 Å². The van der Waals surface area contributed by atoms with Crippen molar-refractivity contribution in [3.63, 3.8) is 0 Å². The number of β-amino-alcohol motifs (C(OH)–C–C–N with tert-alkyl or cyclic N) is 1. The van der Waals surface area contributed by atoms with Gasteiger partial charge in [-0.2, -0.15) is 0 Å². The van der Waals surface area contributed by atoms with Crippen molar-refractivity contribution in [2.75, 3.05) is 19.7 Å². The smallest absolute Gasteiger partial charge is 0.226 e. The number of benzene rings is 1. The van der Waals surface area contributed by atoms with E-state index in [1.54, 1.807) is 17.0 Å². The lowest BCUT2D eigenvalue weighted by Gasteiger charge is -2.47. The van der Waals surface area contributed by atoms with Gasteiger partial charge < -0.3 is 14.7 Å². The quantitative estimate of drug-likeness (QED) is 0.890. The van der Waals surface area contributed by atoms with Crippen LogP contribution in [-0.2, 0) is 4.79 Å². The van der Waals surface area contributed by atoms with Gasteiger partial charge in [-0.1, -0.05) is 6.07 Å². The number of hydrogen-bond donors (Lipinski definition) is 1. The first-order valence-electron chi connectivity index (χ1n) is 6.95. The second-order valence-corrected chi connectivity index (χ2v) is 5.68. The van der Waals surface area contributed by atoms with Gasteiger partial charge in [0.2, 0.25) is 5.91 Å². The van der Waals surface area contributed by atoms with E-state index in [4.69, 9.17) is 4.74 Å². The van der Waals surface area contributed by atoms with Crippen LogP contribution in [0.2, 0.25) is 0 Å². The van der Waals surface area contributed by atoms with E-state index in [0.717, 1.165) is 12.8 Å². The van der Waals surface area contributed by atoms with E-state index >= 15 is 0 Å². The van der Waals surface area contributed by atoms with Gasteiger partial charge in [-0.05, 0) is 30.9 Å². The van der Waals surface area contributed by atoms with Crippen LogP contribution in [0.5, 0.6) is 5.75 Å². The Bertz CT molecular complexity index is 510. The Labute approximate surface area is 117 Å². The number of amides is 1. The number of ether oxygens (including phenoxy) is 1. The van der Waals surface area contributed by atoms with Crippen molar-refractivity contribution in [2.45, 2.75) is 24.9 Å². The van der Waals surface area contributed by atoms with Crippen molar-refractivity contribution in [3.05, 3.63) is 30.1 Å². The van der Waals surface area contributed by atoms with Crippen LogP contribution >= 0.6 is 0 Å². The third kappa shape index (κ3) is 2.77. The molecule has 0 radical (unpaired) electrons. The van der Waals surface area contributed by atoms with Crippen molar-refractivity contribution in [3.8, 4) is 5.75 Å². The summed E-state index contributed by atoms with van der Waals surface area (Å²) >= 11 is 0. The highest BCUT2D eigenvalue weighted by atomic mass is 19.1. The summed E-state index contributed by atoms with van der Waals surface area (Å²) in [6.45, 7) is 1.10. The first-order valence-corrected chi connectivity index (χ1v) is 6.95. The molecule has 1 aromatic rings. The van der Waals surface area contributed by atoms with Crippen molar-refractivity contribution in [1.29, 1.82) is 0 Å². The molecule has 1 aromatic carbocycles. The molecule has 2 fully saturated rings. The SMILES string of the molecule is O=C(CCOc1cccc(F)c1)N1CC(O)(C2CC2)C1. The van der Waals surface area contributed by atoms with Crippen LogP contribution in [0.25, 0.3) is 0 Å². The fraction of sp³-hybridized carbons (Fsp3) is 0.533. The van der Waals surface area contributed by atoms with Crippen LogP contribution < -0.4 is 4.74 Å². The van der Waals surface area contributed by atoms with Crippen LogP contribution in [-0.4, -0.2) is 41.2 Å². The molecule has 0 unspecified atom stereocenters. The predicted molar refractivity (Wildman–Crippen MR) is 70.8 cm³/mol. The third-order valence-electron chi connectivity index (χ3n) is 4.00. The van der Waals surface area contributed by atoms with Crippen molar-refractivity contribution < 1.29 is 19.0 Å². The zero-order valence-corrected chi connectivity index (χ0v) is 11.2. The number of carbonyl (C=O) groups is 1. The Hall–Kier alpha value is -1.62. The molecule has 0 bridgehead atoms. The largest absolute Gasteiger partial charge is 0.493 e. The van der Waals surface area contributed by atoms with Gasteiger partial charge in [-0.3, -0.25) is 4.79 Å². The highest BCUT2D eigenvalue weighted by Gasteiger charge is 2.52. The zero-order valence-electron chi connectivity index (χ0n) is 11.2. The second-order valence-electron chi connectivity index (χ2n) is 5.68. The summed E-state index contributed by atoms with van der Waals surface area (Å²) in [7, 11) is 0. The molecule has 1 saturated heterocycles. The topological polar surface area (TPSA) is 49.8 Å². The molecule has 5 heteroatoms. The molecule has 0 atom stereocenters. The van der Waals surface area contributed by atoms with Crippen LogP contribution in [0.4, 0.5) is 4.39 Å². The summed E-state index contributed by atoms with van der Waals surface area (Å²) < 4.78 is 18.3. The maximum absolute atomic E-state index is 12.9. The molecule has 1 aliphatic carbocycles. The Balaban J connectivity index is 1.40. The summed E-state index contributed by atoms with van der Waals surface area (Å²) in [4.78, 5) is 13.5. The maximum Gasteiger partial charge on any atom is 0.226 e. The van der Waals surface area contributed by atoms with Gasteiger partial charge in [0.05, 0.1) is 26.1 Å². The Kier molecular flexibility index (Phi) is 3.38. The molecular formula is C15H18FNO3. The van der Waals surface area contributed by atoms with Gasteiger partial charge >= 0.3 is 0 Å². The molecule has 20 heavy (non-hydrogen) atoms. The monoisotopic (exact) mass is 279 g/mol. The number of carbonyl (C=O) groups excluding carboxylic acids is 1. The predicted octanol–water partition coefficient (Wildman–Crippen LogP) is 1.58.